The van der Waals surface area contributed by atoms with Crippen LogP contribution < -0.4 is 5.73 Å². The Kier molecular flexibility index (Phi) is 6.86. The zero-order chi connectivity index (χ0) is 13.8. The van der Waals surface area contributed by atoms with Gasteiger partial charge in [0, 0.05) is 29.3 Å². The predicted octanol–water partition coefficient (Wildman–Crippen LogP) is 3.17. The number of hydrogen-bond acceptors (Lipinski definition) is 3. The molecule has 0 saturated carbocycles. The van der Waals surface area contributed by atoms with E-state index in [2.05, 4.69) is 13.8 Å². The van der Waals surface area contributed by atoms with Gasteiger partial charge in [-0.15, -0.1) is 24.2 Å². The van der Waals surface area contributed by atoms with Crippen LogP contribution >= 0.6 is 24.2 Å². The SMILES string of the molecule is CC(C)Sc1ccccc1C(=O)N1CCC(N)CC1.Cl. The molecule has 0 bridgehead atoms. The fourth-order valence-corrected chi connectivity index (χ4v) is 3.22. The molecule has 0 unspecified atom stereocenters. The summed E-state index contributed by atoms with van der Waals surface area (Å²) in [6, 6.07) is 8.15. The number of nitrogens with zero attached hydrogens (tertiary/aromatic N) is 1. The molecule has 0 aromatic heterocycles. The lowest BCUT2D eigenvalue weighted by Gasteiger charge is -2.30. The number of likely N-dealkylation sites (tertiary alicyclic amines) is 1. The largest absolute Gasteiger partial charge is 0.338 e. The zero-order valence-electron chi connectivity index (χ0n) is 12.0. The molecule has 1 amide bonds. The van der Waals surface area contributed by atoms with Crippen LogP contribution in [0.2, 0.25) is 0 Å². The molecule has 2 N–H and O–H groups in total. The Balaban J connectivity index is 0.00000200. The van der Waals surface area contributed by atoms with Gasteiger partial charge in [0.15, 0.2) is 0 Å². The molecule has 20 heavy (non-hydrogen) atoms. The predicted molar refractivity (Wildman–Crippen MR) is 87.8 cm³/mol. The van der Waals surface area contributed by atoms with E-state index in [9.17, 15) is 4.79 Å². The average molecular weight is 315 g/mol. The second-order valence-electron chi connectivity index (χ2n) is 5.29. The summed E-state index contributed by atoms with van der Waals surface area (Å²) in [4.78, 5) is 15.6. The molecule has 1 saturated heterocycles. The number of nitrogens with two attached hydrogens (primary N) is 1. The van der Waals surface area contributed by atoms with Crippen LogP contribution in [0.25, 0.3) is 0 Å². The molecule has 1 aliphatic heterocycles. The molecule has 5 heteroatoms. The van der Waals surface area contributed by atoms with Gasteiger partial charge in [-0.2, -0.15) is 0 Å². The summed E-state index contributed by atoms with van der Waals surface area (Å²) in [5, 5.41) is 0.476. The van der Waals surface area contributed by atoms with Gasteiger partial charge in [0.2, 0.25) is 0 Å². The van der Waals surface area contributed by atoms with Crippen LogP contribution in [-0.2, 0) is 0 Å². The van der Waals surface area contributed by atoms with Crippen molar-refractivity contribution in [2.24, 2.45) is 5.73 Å². The maximum Gasteiger partial charge on any atom is 0.254 e. The monoisotopic (exact) mass is 314 g/mol. The maximum absolute atomic E-state index is 12.6. The Morgan fingerprint density at radius 2 is 1.90 bits per heavy atom. The van der Waals surface area contributed by atoms with Crippen molar-refractivity contribution in [2.75, 3.05) is 13.1 Å². The van der Waals surface area contributed by atoms with Crippen LogP contribution in [0.5, 0.6) is 0 Å². The number of carbonyl (C=O) groups excluding carboxylic acids is 1. The number of hydrogen-bond donors (Lipinski definition) is 1. The van der Waals surface area contributed by atoms with Gasteiger partial charge in [-0.3, -0.25) is 4.79 Å². The Morgan fingerprint density at radius 1 is 1.30 bits per heavy atom. The molecule has 0 spiro atoms. The van der Waals surface area contributed by atoms with Crippen molar-refractivity contribution in [1.29, 1.82) is 0 Å². The summed E-state index contributed by atoms with van der Waals surface area (Å²) in [6.45, 7) is 5.85. The van der Waals surface area contributed by atoms with Crippen LogP contribution in [0.4, 0.5) is 0 Å². The van der Waals surface area contributed by atoms with E-state index < -0.39 is 0 Å². The van der Waals surface area contributed by atoms with Gasteiger partial charge in [0.05, 0.1) is 5.56 Å². The normalized spacial score (nSPS) is 16.1. The first kappa shape index (κ1) is 17.3. The molecule has 0 radical (unpaired) electrons. The van der Waals surface area contributed by atoms with Crippen molar-refractivity contribution in [3.05, 3.63) is 29.8 Å². The summed E-state index contributed by atoms with van der Waals surface area (Å²) in [5.74, 6) is 0.149. The molecule has 0 aliphatic carbocycles. The van der Waals surface area contributed by atoms with E-state index in [0.717, 1.165) is 36.4 Å². The third-order valence-corrected chi connectivity index (χ3v) is 4.39. The molecular weight excluding hydrogens is 292 g/mol. The summed E-state index contributed by atoms with van der Waals surface area (Å²) < 4.78 is 0. The number of amides is 1. The van der Waals surface area contributed by atoms with Gasteiger partial charge in [-0.05, 0) is 25.0 Å². The quantitative estimate of drug-likeness (QED) is 0.872. The van der Waals surface area contributed by atoms with Gasteiger partial charge < -0.3 is 10.6 Å². The van der Waals surface area contributed by atoms with E-state index in [1.807, 2.05) is 29.2 Å². The highest BCUT2D eigenvalue weighted by atomic mass is 35.5. The van der Waals surface area contributed by atoms with Crippen molar-refractivity contribution >= 4 is 30.1 Å². The fourth-order valence-electron chi connectivity index (χ4n) is 2.27. The van der Waals surface area contributed by atoms with Crippen molar-refractivity contribution in [3.8, 4) is 0 Å². The minimum absolute atomic E-state index is 0. The van der Waals surface area contributed by atoms with Crippen molar-refractivity contribution in [1.82, 2.24) is 4.90 Å². The van der Waals surface area contributed by atoms with Crippen molar-refractivity contribution in [3.63, 3.8) is 0 Å². The highest BCUT2D eigenvalue weighted by Gasteiger charge is 2.23. The molecule has 1 aromatic carbocycles. The van der Waals surface area contributed by atoms with E-state index in [1.165, 1.54) is 0 Å². The van der Waals surface area contributed by atoms with E-state index >= 15 is 0 Å². The number of piperidine rings is 1. The molecule has 1 aliphatic rings. The number of benzene rings is 1. The van der Waals surface area contributed by atoms with Crippen LogP contribution in [0.15, 0.2) is 29.2 Å². The summed E-state index contributed by atoms with van der Waals surface area (Å²) in [7, 11) is 0. The first-order valence-corrected chi connectivity index (χ1v) is 7.76. The molecule has 1 fully saturated rings. The van der Waals surface area contributed by atoms with Crippen LogP contribution in [0.1, 0.15) is 37.0 Å². The zero-order valence-corrected chi connectivity index (χ0v) is 13.7. The first-order chi connectivity index (χ1) is 9.08. The molecule has 1 heterocycles. The molecule has 112 valence electrons. The van der Waals surface area contributed by atoms with Crippen LogP contribution in [0.3, 0.4) is 0 Å². The topological polar surface area (TPSA) is 46.3 Å². The Morgan fingerprint density at radius 3 is 2.50 bits per heavy atom. The molecular formula is C15H23ClN2OS. The van der Waals surface area contributed by atoms with E-state index in [-0.39, 0.29) is 24.4 Å². The number of thioether (sulfide) groups is 1. The average Bonchev–Trinajstić information content (AvgIpc) is 2.39. The van der Waals surface area contributed by atoms with E-state index in [4.69, 9.17) is 5.73 Å². The number of halogens is 1. The summed E-state index contributed by atoms with van der Waals surface area (Å²) in [6.07, 6.45) is 1.82. The van der Waals surface area contributed by atoms with Crippen LogP contribution in [0, 0.1) is 0 Å². The van der Waals surface area contributed by atoms with E-state index in [0.29, 0.717) is 5.25 Å². The molecule has 0 atom stereocenters. The van der Waals surface area contributed by atoms with Crippen molar-refractivity contribution < 1.29 is 4.79 Å². The van der Waals surface area contributed by atoms with Gasteiger partial charge >= 0.3 is 0 Å². The standard InChI is InChI=1S/C15H22N2OS.ClH/c1-11(2)19-14-6-4-3-5-13(14)15(18)17-9-7-12(16)8-10-17;/h3-6,11-12H,7-10,16H2,1-2H3;1H. The molecule has 1 aromatic rings. The van der Waals surface area contributed by atoms with Gasteiger partial charge in [-0.25, -0.2) is 0 Å². The van der Waals surface area contributed by atoms with E-state index in [1.54, 1.807) is 11.8 Å². The lowest BCUT2D eigenvalue weighted by molar-refractivity contribution is 0.0711. The molecule has 2 rings (SSSR count). The van der Waals surface area contributed by atoms with Crippen molar-refractivity contribution in [2.45, 2.75) is 42.9 Å². The highest BCUT2D eigenvalue weighted by molar-refractivity contribution is 8.00. The Bertz CT molecular complexity index is 445. The smallest absolute Gasteiger partial charge is 0.254 e. The first-order valence-electron chi connectivity index (χ1n) is 6.88. The second-order valence-corrected chi connectivity index (χ2v) is 6.91. The fraction of sp³-hybridized carbons (Fsp3) is 0.533. The maximum atomic E-state index is 12.6. The van der Waals surface area contributed by atoms with Gasteiger partial charge in [-0.1, -0.05) is 26.0 Å². The number of carbonyl (C=O) groups is 1. The third kappa shape index (κ3) is 4.40. The minimum Gasteiger partial charge on any atom is -0.338 e. The third-order valence-electron chi connectivity index (χ3n) is 3.31. The van der Waals surface area contributed by atoms with Gasteiger partial charge in [0.25, 0.3) is 5.91 Å². The lowest BCUT2D eigenvalue weighted by atomic mass is 10.0. The summed E-state index contributed by atoms with van der Waals surface area (Å²) in [5.41, 5.74) is 6.72. The highest BCUT2D eigenvalue weighted by Crippen LogP contribution is 2.28. The molecule has 3 nitrogen and oxygen atoms in total. The number of rotatable bonds is 3. The van der Waals surface area contributed by atoms with Crippen LogP contribution in [-0.4, -0.2) is 35.2 Å². The Hall–Kier alpha value is -0.710. The summed E-state index contributed by atoms with van der Waals surface area (Å²) >= 11 is 1.75. The second kappa shape index (κ2) is 7.91. The Labute approximate surface area is 131 Å². The lowest BCUT2D eigenvalue weighted by Crippen LogP contribution is -2.43. The van der Waals surface area contributed by atoms with Gasteiger partial charge in [0.1, 0.15) is 0 Å². The minimum atomic E-state index is 0.